The average Bonchev–Trinajstić information content (AvgIpc) is 2.37. The van der Waals surface area contributed by atoms with Gasteiger partial charge in [-0.15, -0.1) is 0 Å². The molecular weight excluding hydrogens is 245 g/mol. The number of hydrogen-bond acceptors (Lipinski definition) is 3. The zero-order valence-corrected chi connectivity index (χ0v) is 11.2. The Morgan fingerprint density at radius 2 is 2.21 bits per heavy atom. The first-order valence-corrected chi connectivity index (χ1v) is 6.67. The van der Waals surface area contributed by atoms with E-state index in [0.717, 1.165) is 6.54 Å². The van der Waals surface area contributed by atoms with E-state index in [-0.39, 0.29) is 23.8 Å². The predicted molar refractivity (Wildman–Crippen MR) is 73.0 cm³/mol. The second-order valence-corrected chi connectivity index (χ2v) is 5.40. The number of carbonyl (C=O) groups is 1. The number of nitrogens with one attached hydrogen (secondary N) is 1. The summed E-state index contributed by atoms with van der Waals surface area (Å²) in [5, 5.41) is 3.13. The first-order chi connectivity index (χ1) is 9.09. The van der Waals surface area contributed by atoms with Gasteiger partial charge in [0.25, 0.3) is 0 Å². The lowest BCUT2D eigenvalue weighted by Gasteiger charge is -2.47. The van der Waals surface area contributed by atoms with E-state index in [0.29, 0.717) is 24.5 Å². The van der Waals surface area contributed by atoms with Crippen LogP contribution in [0, 0.1) is 5.82 Å². The minimum atomic E-state index is -0.254. The van der Waals surface area contributed by atoms with Crippen molar-refractivity contribution in [1.29, 1.82) is 0 Å². The molecule has 1 N–H and O–H groups in total. The van der Waals surface area contributed by atoms with Crippen LogP contribution in [0.15, 0.2) is 18.2 Å². The standard InChI is InChI=1S/C14H18FN3O/c1-9(2)17-8-10-6-16-7-13(19)18(10)12-5-3-4-11(15)14(12)17/h3-5,9-10,16H,6-8H2,1-2H3. The van der Waals surface area contributed by atoms with Gasteiger partial charge < -0.3 is 15.1 Å². The highest BCUT2D eigenvalue weighted by Crippen LogP contribution is 2.39. The van der Waals surface area contributed by atoms with E-state index in [2.05, 4.69) is 5.32 Å². The molecule has 19 heavy (non-hydrogen) atoms. The lowest BCUT2D eigenvalue weighted by atomic mass is 10.0. The monoisotopic (exact) mass is 263 g/mol. The molecule has 1 aromatic rings. The molecule has 1 fully saturated rings. The molecule has 0 aliphatic carbocycles. The van der Waals surface area contributed by atoms with Gasteiger partial charge in [-0.25, -0.2) is 4.39 Å². The zero-order chi connectivity index (χ0) is 13.6. The molecule has 102 valence electrons. The number of nitrogens with zero attached hydrogens (tertiary/aromatic N) is 2. The van der Waals surface area contributed by atoms with Gasteiger partial charge in [-0.1, -0.05) is 6.07 Å². The van der Waals surface area contributed by atoms with Gasteiger partial charge in [0.15, 0.2) is 0 Å². The first kappa shape index (κ1) is 12.4. The van der Waals surface area contributed by atoms with Crippen LogP contribution < -0.4 is 15.1 Å². The number of hydrogen-bond donors (Lipinski definition) is 1. The quantitative estimate of drug-likeness (QED) is 0.831. The third-order valence-corrected chi connectivity index (χ3v) is 3.83. The third-order valence-electron chi connectivity index (χ3n) is 3.83. The Labute approximate surface area is 112 Å². The van der Waals surface area contributed by atoms with Crippen LogP contribution in [0.3, 0.4) is 0 Å². The minimum Gasteiger partial charge on any atom is -0.363 e. The van der Waals surface area contributed by atoms with E-state index < -0.39 is 0 Å². The second kappa shape index (κ2) is 4.49. The summed E-state index contributed by atoms with van der Waals surface area (Å²) >= 11 is 0. The van der Waals surface area contributed by atoms with Crippen LogP contribution in [0.5, 0.6) is 0 Å². The van der Waals surface area contributed by atoms with Gasteiger partial charge in [0, 0.05) is 19.1 Å². The number of carbonyl (C=O) groups excluding carboxylic acids is 1. The van der Waals surface area contributed by atoms with Crippen molar-refractivity contribution in [3.63, 3.8) is 0 Å². The molecule has 4 nitrogen and oxygen atoms in total. The molecule has 1 amide bonds. The van der Waals surface area contributed by atoms with E-state index in [1.807, 2.05) is 24.8 Å². The van der Waals surface area contributed by atoms with Gasteiger partial charge in [0.2, 0.25) is 5.91 Å². The molecule has 1 aromatic carbocycles. The van der Waals surface area contributed by atoms with E-state index in [1.54, 1.807) is 11.0 Å². The molecule has 5 heteroatoms. The lowest BCUT2D eigenvalue weighted by Crippen LogP contribution is -2.62. The third kappa shape index (κ3) is 1.89. The number of rotatable bonds is 1. The van der Waals surface area contributed by atoms with Crippen molar-refractivity contribution in [3.05, 3.63) is 24.0 Å². The van der Waals surface area contributed by atoms with Crippen LogP contribution in [0.4, 0.5) is 15.8 Å². The highest BCUT2D eigenvalue weighted by molar-refractivity contribution is 6.00. The molecule has 0 aromatic heterocycles. The smallest absolute Gasteiger partial charge is 0.241 e. The number of anilines is 2. The van der Waals surface area contributed by atoms with Gasteiger partial charge in [0.1, 0.15) is 5.82 Å². The number of fused-ring (bicyclic) bond motifs is 3. The minimum absolute atomic E-state index is 0.0199. The number of benzene rings is 1. The number of amides is 1. The fraction of sp³-hybridized carbons (Fsp3) is 0.500. The summed E-state index contributed by atoms with van der Waals surface area (Å²) in [6.07, 6.45) is 0. The van der Waals surface area contributed by atoms with E-state index in [9.17, 15) is 9.18 Å². The maximum Gasteiger partial charge on any atom is 0.241 e. The van der Waals surface area contributed by atoms with Gasteiger partial charge in [-0.2, -0.15) is 0 Å². The van der Waals surface area contributed by atoms with Crippen LogP contribution in [-0.4, -0.2) is 37.6 Å². The van der Waals surface area contributed by atoms with Crippen LogP contribution in [-0.2, 0) is 4.79 Å². The van der Waals surface area contributed by atoms with Crippen molar-refractivity contribution in [3.8, 4) is 0 Å². The van der Waals surface area contributed by atoms with Crippen LogP contribution in [0.25, 0.3) is 0 Å². The summed E-state index contributed by atoms with van der Waals surface area (Å²) in [4.78, 5) is 15.9. The highest BCUT2D eigenvalue weighted by atomic mass is 19.1. The molecule has 2 aliphatic rings. The molecule has 3 rings (SSSR count). The summed E-state index contributed by atoms with van der Waals surface area (Å²) in [5.74, 6) is -0.234. The summed E-state index contributed by atoms with van der Waals surface area (Å²) in [5.41, 5.74) is 1.26. The first-order valence-electron chi connectivity index (χ1n) is 6.67. The Bertz CT molecular complexity index is 517. The fourth-order valence-electron chi connectivity index (χ4n) is 2.97. The molecule has 0 spiro atoms. The Morgan fingerprint density at radius 1 is 1.42 bits per heavy atom. The largest absolute Gasteiger partial charge is 0.363 e. The van der Waals surface area contributed by atoms with Crippen LogP contribution in [0.2, 0.25) is 0 Å². The molecule has 1 unspecified atom stereocenters. The van der Waals surface area contributed by atoms with Crippen molar-refractivity contribution in [2.75, 3.05) is 29.4 Å². The lowest BCUT2D eigenvalue weighted by molar-refractivity contribution is -0.119. The van der Waals surface area contributed by atoms with Gasteiger partial charge >= 0.3 is 0 Å². The fourth-order valence-corrected chi connectivity index (χ4v) is 2.97. The maximum absolute atomic E-state index is 14.2. The van der Waals surface area contributed by atoms with Crippen molar-refractivity contribution < 1.29 is 9.18 Å². The molecule has 0 radical (unpaired) electrons. The Morgan fingerprint density at radius 3 is 2.95 bits per heavy atom. The van der Waals surface area contributed by atoms with Crippen LogP contribution >= 0.6 is 0 Å². The Balaban J connectivity index is 2.14. The SMILES string of the molecule is CC(C)N1CC2CNCC(=O)N2c2cccc(F)c21. The normalized spacial score (nSPS) is 22.5. The summed E-state index contributed by atoms with van der Waals surface area (Å²) in [6.45, 7) is 5.84. The van der Waals surface area contributed by atoms with E-state index in [1.165, 1.54) is 6.07 Å². The van der Waals surface area contributed by atoms with Crippen molar-refractivity contribution in [2.45, 2.75) is 25.9 Å². The Hall–Kier alpha value is -1.62. The van der Waals surface area contributed by atoms with Gasteiger partial charge in [0.05, 0.1) is 24.0 Å². The molecule has 1 atom stereocenters. The molecule has 0 bridgehead atoms. The summed E-state index contributed by atoms with van der Waals surface area (Å²) in [7, 11) is 0. The maximum atomic E-state index is 14.2. The van der Waals surface area contributed by atoms with E-state index in [4.69, 9.17) is 0 Å². The number of halogens is 1. The van der Waals surface area contributed by atoms with Crippen molar-refractivity contribution in [2.24, 2.45) is 0 Å². The summed E-state index contributed by atoms with van der Waals surface area (Å²) < 4.78 is 14.2. The number of para-hydroxylation sites is 1. The van der Waals surface area contributed by atoms with Gasteiger partial charge in [-0.3, -0.25) is 4.79 Å². The average molecular weight is 263 g/mol. The predicted octanol–water partition coefficient (Wildman–Crippen LogP) is 1.36. The van der Waals surface area contributed by atoms with Crippen molar-refractivity contribution >= 4 is 17.3 Å². The molecule has 2 aliphatic heterocycles. The molecule has 1 saturated heterocycles. The zero-order valence-electron chi connectivity index (χ0n) is 11.2. The topological polar surface area (TPSA) is 35.6 Å². The van der Waals surface area contributed by atoms with Crippen molar-refractivity contribution in [1.82, 2.24) is 5.32 Å². The molecule has 0 saturated carbocycles. The van der Waals surface area contributed by atoms with Crippen LogP contribution in [0.1, 0.15) is 13.8 Å². The molecule has 2 heterocycles. The Kier molecular flexibility index (Phi) is 2.93. The number of piperazine rings is 1. The summed E-state index contributed by atoms with van der Waals surface area (Å²) in [6, 6.07) is 5.25. The molecular formula is C14H18FN3O. The highest BCUT2D eigenvalue weighted by Gasteiger charge is 2.38. The van der Waals surface area contributed by atoms with E-state index >= 15 is 0 Å². The second-order valence-electron chi connectivity index (χ2n) is 5.40. The van der Waals surface area contributed by atoms with Gasteiger partial charge in [-0.05, 0) is 26.0 Å².